The summed E-state index contributed by atoms with van der Waals surface area (Å²) in [6.45, 7) is 10.8. The van der Waals surface area contributed by atoms with Gasteiger partial charge in [-0.15, -0.1) is 6.58 Å². The fourth-order valence-corrected chi connectivity index (χ4v) is 6.46. The number of rotatable bonds is 9. The number of nitrogens with zero attached hydrogens (tertiary/aromatic N) is 2. The SMILES string of the molecule is C=CC(C1CCCCC1)N1CCC(CN2CCC(CCCc3ccccc3)CC2)C1. The number of piperidine rings is 1. The fraction of sp³-hybridized carbons (Fsp3) is 0.714. The Balaban J connectivity index is 1.13. The summed E-state index contributed by atoms with van der Waals surface area (Å²) in [4.78, 5) is 5.56. The number of benzene rings is 1. The van der Waals surface area contributed by atoms with Gasteiger partial charge in [-0.25, -0.2) is 0 Å². The van der Waals surface area contributed by atoms with E-state index in [1.54, 1.807) is 0 Å². The molecule has 2 aliphatic heterocycles. The van der Waals surface area contributed by atoms with Gasteiger partial charge in [-0.2, -0.15) is 0 Å². The quantitative estimate of drug-likeness (QED) is 0.450. The lowest BCUT2D eigenvalue weighted by atomic mass is 9.83. The first kappa shape index (κ1) is 22.1. The Hall–Kier alpha value is -1.12. The van der Waals surface area contributed by atoms with Crippen LogP contribution in [-0.4, -0.2) is 48.6 Å². The molecule has 4 rings (SSSR count). The van der Waals surface area contributed by atoms with Crippen molar-refractivity contribution in [3.8, 4) is 0 Å². The summed E-state index contributed by atoms with van der Waals surface area (Å²) in [5, 5.41) is 0. The van der Waals surface area contributed by atoms with E-state index in [0.29, 0.717) is 6.04 Å². The van der Waals surface area contributed by atoms with E-state index < -0.39 is 0 Å². The van der Waals surface area contributed by atoms with Crippen LogP contribution in [0.25, 0.3) is 0 Å². The lowest BCUT2D eigenvalue weighted by Crippen LogP contribution is -2.40. The standard InChI is InChI=1S/C28H44N2/c1-2-28(27-14-7-4-8-15-27)30-21-18-26(23-30)22-29-19-16-25(17-20-29)13-9-12-24-10-5-3-6-11-24/h2-3,5-6,10-11,25-28H,1,4,7-9,12-23H2. The summed E-state index contributed by atoms with van der Waals surface area (Å²) in [5.41, 5.74) is 1.51. The van der Waals surface area contributed by atoms with Gasteiger partial charge >= 0.3 is 0 Å². The highest BCUT2D eigenvalue weighted by atomic mass is 15.2. The Morgan fingerprint density at radius 1 is 0.900 bits per heavy atom. The third-order valence-corrected chi connectivity index (χ3v) is 8.26. The second-order valence-electron chi connectivity index (χ2n) is 10.4. The van der Waals surface area contributed by atoms with Crippen LogP contribution in [0.15, 0.2) is 43.0 Å². The Morgan fingerprint density at radius 2 is 1.63 bits per heavy atom. The molecule has 0 radical (unpaired) electrons. The minimum Gasteiger partial charge on any atom is -0.303 e. The van der Waals surface area contributed by atoms with E-state index in [2.05, 4.69) is 52.8 Å². The maximum Gasteiger partial charge on any atom is 0.0303 e. The van der Waals surface area contributed by atoms with Crippen molar-refractivity contribution >= 4 is 0 Å². The lowest BCUT2D eigenvalue weighted by Gasteiger charge is -2.36. The minimum absolute atomic E-state index is 0.644. The molecular formula is C28H44N2. The van der Waals surface area contributed by atoms with Crippen LogP contribution in [-0.2, 0) is 6.42 Å². The summed E-state index contributed by atoms with van der Waals surface area (Å²) < 4.78 is 0. The largest absolute Gasteiger partial charge is 0.303 e. The molecule has 0 N–H and O–H groups in total. The van der Waals surface area contributed by atoms with E-state index in [1.165, 1.54) is 109 Å². The molecule has 0 aromatic heterocycles. The summed E-state index contributed by atoms with van der Waals surface area (Å²) in [6.07, 6.45) is 17.7. The average molecular weight is 409 g/mol. The predicted molar refractivity (Wildman–Crippen MR) is 129 cm³/mol. The molecule has 2 heterocycles. The van der Waals surface area contributed by atoms with Crippen LogP contribution >= 0.6 is 0 Å². The highest BCUT2D eigenvalue weighted by Gasteiger charge is 2.33. The van der Waals surface area contributed by atoms with E-state index in [4.69, 9.17) is 0 Å². The smallest absolute Gasteiger partial charge is 0.0303 e. The molecule has 30 heavy (non-hydrogen) atoms. The molecule has 1 saturated carbocycles. The molecule has 3 aliphatic rings. The van der Waals surface area contributed by atoms with Crippen molar-refractivity contribution in [2.24, 2.45) is 17.8 Å². The van der Waals surface area contributed by atoms with Crippen LogP contribution in [0.1, 0.15) is 69.8 Å². The molecule has 2 unspecified atom stereocenters. The molecule has 2 nitrogen and oxygen atoms in total. The summed E-state index contributed by atoms with van der Waals surface area (Å²) in [5.74, 6) is 2.72. The van der Waals surface area contributed by atoms with Gasteiger partial charge in [-0.1, -0.05) is 62.1 Å². The number of aryl methyl sites for hydroxylation is 1. The highest BCUT2D eigenvalue weighted by Crippen LogP contribution is 2.33. The normalized spacial score (nSPS) is 26.1. The Kier molecular flexibility index (Phi) is 8.46. The highest BCUT2D eigenvalue weighted by molar-refractivity contribution is 5.14. The molecule has 1 aliphatic carbocycles. The van der Waals surface area contributed by atoms with Gasteiger partial charge in [0.25, 0.3) is 0 Å². The maximum atomic E-state index is 4.22. The monoisotopic (exact) mass is 408 g/mol. The van der Waals surface area contributed by atoms with E-state index >= 15 is 0 Å². The van der Waals surface area contributed by atoms with Crippen LogP contribution in [0.5, 0.6) is 0 Å². The molecule has 2 heteroatoms. The maximum absolute atomic E-state index is 4.22. The van der Waals surface area contributed by atoms with Gasteiger partial charge in [-0.05, 0) is 87.9 Å². The number of likely N-dealkylation sites (tertiary alicyclic amines) is 2. The Labute approximate surface area is 185 Å². The molecule has 2 saturated heterocycles. The molecule has 0 bridgehead atoms. The van der Waals surface area contributed by atoms with E-state index in [-0.39, 0.29) is 0 Å². The summed E-state index contributed by atoms with van der Waals surface area (Å²) in [7, 11) is 0. The van der Waals surface area contributed by atoms with E-state index in [9.17, 15) is 0 Å². The first-order valence-corrected chi connectivity index (χ1v) is 12.9. The second kappa shape index (κ2) is 11.5. The van der Waals surface area contributed by atoms with E-state index in [1.807, 2.05) is 0 Å². The van der Waals surface area contributed by atoms with Crippen LogP contribution in [0.2, 0.25) is 0 Å². The zero-order valence-electron chi connectivity index (χ0n) is 19.2. The second-order valence-corrected chi connectivity index (χ2v) is 10.4. The van der Waals surface area contributed by atoms with Crippen LogP contribution < -0.4 is 0 Å². The first-order chi connectivity index (χ1) is 14.8. The third kappa shape index (κ3) is 6.20. The van der Waals surface area contributed by atoms with Gasteiger partial charge in [0.05, 0.1) is 0 Å². The number of hydrogen-bond acceptors (Lipinski definition) is 2. The molecular weight excluding hydrogens is 364 g/mol. The molecule has 1 aromatic rings. The van der Waals surface area contributed by atoms with Gasteiger partial charge < -0.3 is 4.90 Å². The molecule has 0 amide bonds. The third-order valence-electron chi connectivity index (χ3n) is 8.26. The van der Waals surface area contributed by atoms with Gasteiger partial charge in [0.2, 0.25) is 0 Å². The van der Waals surface area contributed by atoms with Gasteiger partial charge in [-0.3, -0.25) is 4.90 Å². The van der Waals surface area contributed by atoms with Crippen molar-refractivity contribution in [1.82, 2.24) is 9.80 Å². The number of hydrogen-bond donors (Lipinski definition) is 0. The fourth-order valence-electron chi connectivity index (χ4n) is 6.46. The molecule has 2 atom stereocenters. The summed E-state index contributed by atoms with van der Waals surface area (Å²) >= 11 is 0. The topological polar surface area (TPSA) is 6.48 Å². The van der Waals surface area contributed by atoms with Crippen LogP contribution in [0.4, 0.5) is 0 Å². The van der Waals surface area contributed by atoms with Crippen molar-refractivity contribution in [1.29, 1.82) is 0 Å². The zero-order valence-corrected chi connectivity index (χ0v) is 19.2. The molecule has 3 fully saturated rings. The molecule has 166 valence electrons. The van der Waals surface area contributed by atoms with Crippen LogP contribution in [0, 0.1) is 17.8 Å². The van der Waals surface area contributed by atoms with Gasteiger partial charge in [0, 0.05) is 19.1 Å². The van der Waals surface area contributed by atoms with Crippen molar-refractivity contribution in [2.45, 2.75) is 76.7 Å². The van der Waals surface area contributed by atoms with E-state index in [0.717, 1.165) is 17.8 Å². The van der Waals surface area contributed by atoms with Crippen molar-refractivity contribution < 1.29 is 0 Å². The van der Waals surface area contributed by atoms with Crippen molar-refractivity contribution in [3.05, 3.63) is 48.6 Å². The van der Waals surface area contributed by atoms with Crippen molar-refractivity contribution in [3.63, 3.8) is 0 Å². The predicted octanol–water partition coefficient (Wildman–Crippen LogP) is 6.18. The van der Waals surface area contributed by atoms with Gasteiger partial charge in [0.15, 0.2) is 0 Å². The Morgan fingerprint density at radius 3 is 2.37 bits per heavy atom. The lowest BCUT2D eigenvalue weighted by molar-refractivity contribution is 0.143. The first-order valence-electron chi connectivity index (χ1n) is 12.9. The average Bonchev–Trinajstić information content (AvgIpc) is 3.25. The van der Waals surface area contributed by atoms with Crippen LogP contribution in [0.3, 0.4) is 0 Å². The van der Waals surface area contributed by atoms with Gasteiger partial charge in [0.1, 0.15) is 0 Å². The molecule has 0 spiro atoms. The van der Waals surface area contributed by atoms with Crippen molar-refractivity contribution in [2.75, 3.05) is 32.7 Å². The Bertz CT molecular complexity index is 613. The summed E-state index contributed by atoms with van der Waals surface area (Å²) in [6, 6.07) is 11.7. The minimum atomic E-state index is 0.644. The molecule has 1 aromatic carbocycles. The zero-order chi connectivity index (χ0) is 20.6.